The summed E-state index contributed by atoms with van der Waals surface area (Å²) in [5, 5.41) is 2.79. The van der Waals surface area contributed by atoms with E-state index < -0.39 is 6.04 Å². The maximum absolute atomic E-state index is 11.5. The summed E-state index contributed by atoms with van der Waals surface area (Å²) < 4.78 is 5.13. The van der Waals surface area contributed by atoms with Crippen LogP contribution in [-0.4, -0.2) is 13.0 Å². The molecule has 1 aliphatic rings. The Hall–Kier alpha value is -1.98. The number of nitrogens with two attached hydrogens (primary N) is 1. The van der Waals surface area contributed by atoms with Gasteiger partial charge in [0.05, 0.1) is 7.11 Å². The highest BCUT2D eigenvalue weighted by molar-refractivity contribution is 7.99. The fourth-order valence-corrected chi connectivity index (χ4v) is 2.97. The van der Waals surface area contributed by atoms with Gasteiger partial charge in [-0.3, -0.25) is 4.79 Å². The monoisotopic (exact) mass is 286 g/mol. The second-order valence-electron chi connectivity index (χ2n) is 4.49. The highest BCUT2D eigenvalue weighted by Gasteiger charge is 2.26. The molecular weight excluding hydrogens is 272 g/mol. The Labute approximate surface area is 121 Å². The van der Waals surface area contributed by atoms with E-state index in [0.29, 0.717) is 0 Å². The van der Waals surface area contributed by atoms with Crippen LogP contribution in [0.25, 0.3) is 0 Å². The molecule has 20 heavy (non-hydrogen) atoms. The van der Waals surface area contributed by atoms with Crippen molar-refractivity contribution in [3.63, 3.8) is 0 Å². The summed E-state index contributed by atoms with van der Waals surface area (Å²) in [7, 11) is 1.65. The summed E-state index contributed by atoms with van der Waals surface area (Å²) in [6.45, 7) is 0. The van der Waals surface area contributed by atoms with E-state index in [0.717, 1.165) is 26.8 Å². The Kier molecular flexibility index (Phi) is 3.38. The first-order valence-electron chi connectivity index (χ1n) is 6.19. The maximum atomic E-state index is 11.5. The van der Waals surface area contributed by atoms with E-state index in [2.05, 4.69) is 5.32 Å². The van der Waals surface area contributed by atoms with Crippen molar-refractivity contribution in [2.24, 2.45) is 5.73 Å². The summed E-state index contributed by atoms with van der Waals surface area (Å²) in [6.07, 6.45) is 0. The van der Waals surface area contributed by atoms with Crippen LogP contribution in [0.3, 0.4) is 0 Å². The van der Waals surface area contributed by atoms with Crippen LogP contribution in [0.2, 0.25) is 0 Å². The number of fused-ring (bicyclic) bond motifs is 1. The fraction of sp³-hybridized carbons (Fsp3) is 0.133. The summed E-state index contributed by atoms with van der Waals surface area (Å²) in [5.74, 6) is 0.688. The van der Waals surface area contributed by atoms with Crippen LogP contribution in [-0.2, 0) is 4.79 Å². The molecular formula is C15H14N2O2S. The summed E-state index contributed by atoms with van der Waals surface area (Å²) in [6, 6.07) is 13.1. The molecule has 0 aromatic heterocycles. The van der Waals surface area contributed by atoms with E-state index in [4.69, 9.17) is 10.5 Å². The number of carbonyl (C=O) groups is 1. The Morgan fingerprint density at radius 3 is 2.55 bits per heavy atom. The third-order valence-corrected chi connectivity index (χ3v) is 4.19. The minimum Gasteiger partial charge on any atom is -0.497 e. The topological polar surface area (TPSA) is 64.3 Å². The van der Waals surface area contributed by atoms with E-state index in [1.165, 1.54) is 0 Å². The molecule has 0 aliphatic carbocycles. The van der Waals surface area contributed by atoms with Crippen molar-refractivity contribution >= 4 is 23.4 Å². The van der Waals surface area contributed by atoms with Crippen LogP contribution < -0.4 is 15.8 Å². The molecule has 1 amide bonds. The number of methoxy groups -OCH3 is 1. The number of amides is 1. The Morgan fingerprint density at radius 1 is 1.15 bits per heavy atom. The van der Waals surface area contributed by atoms with Crippen LogP contribution >= 0.6 is 11.8 Å². The molecule has 3 N–H and O–H groups in total. The van der Waals surface area contributed by atoms with Crippen molar-refractivity contribution < 1.29 is 9.53 Å². The second-order valence-corrected chi connectivity index (χ2v) is 5.64. The van der Waals surface area contributed by atoms with Gasteiger partial charge >= 0.3 is 0 Å². The van der Waals surface area contributed by atoms with Gasteiger partial charge in [-0.1, -0.05) is 17.8 Å². The van der Waals surface area contributed by atoms with Gasteiger partial charge in [0, 0.05) is 21.0 Å². The van der Waals surface area contributed by atoms with Crippen molar-refractivity contribution in [2.75, 3.05) is 12.4 Å². The first-order valence-corrected chi connectivity index (χ1v) is 7.01. The number of carbonyl (C=O) groups excluding carboxylic acids is 1. The summed E-state index contributed by atoms with van der Waals surface area (Å²) in [5.41, 5.74) is 7.45. The minimum absolute atomic E-state index is 0.147. The zero-order valence-electron chi connectivity index (χ0n) is 10.9. The first kappa shape index (κ1) is 13.0. The second kappa shape index (κ2) is 5.19. The average Bonchev–Trinajstić information content (AvgIpc) is 2.74. The van der Waals surface area contributed by atoms with E-state index >= 15 is 0 Å². The molecule has 4 nitrogen and oxygen atoms in total. The van der Waals surface area contributed by atoms with Gasteiger partial charge in [-0.15, -0.1) is 0 Å². The van der Waals surface area contributed by atoms with Crippen LogP contribution in [0, 0.1) is 0 Å². The molecule has 0 radical (unpaired) electrons. The third-order valence-electron chi connectivity index (χ3n) is 3.20. The number of benzene rings is 2. The van der Waals surface area contributed by atoms with Gasteiger partial charge in [0.1, 0.15) is 11.8 Å². The van der Waals surface area contributed by atoms with Gasteiger partial charge in [-0.2, -0.15) is 0 Å². The SMILES string of the molecule is COc1ccc(Sc2ccc3c(c2)NC(=O)C3N)cc1. The van der Waals surface area contributed by atoms with Crippen LogP contribution in [0.4, 0.5) is 5.69 Å². The minimum atomic E-state index is -0.551. The number of rotatable bonds is 3. The van der Waals surface area contributed by atoms with Crippen molar-refractivity contribution in [1.29, 1.82) is 0 Å². The standard InChI is InChI=1S/C15H14N2O2S/c1-19-9-2-4-10(5-3-9)20-11-6-7-12-13(8-11)17-15(18)14(12)16/h2-8,14H,16H2,1H3,(H,17,18). The summed E-state index contributed by atoms with van der Waals surface area (Å²) in [4.78, 5) is 13.7. The lowest BCUT2D eigenvalue weighted by molar-refractivity contribution is -0.116. The molecule has 1 aliphatic heterocycles. The van der Waals surface area contributed by atoms with Crippen LogP contribution in [0.5, 0.6) is 5.75 Å². The van der Waals surface area contributed by atoms with Gasteiger partial charge in [-0.25, -0.2) is 0 Å². The molecule has 0 fully saturated rings. The van der Waals surface area contributed by atoms with Gasteiger partial charge in [0.15, 0.2) is 0 Å². The number of ether oxygens (including phenoxy) is 1. The van der Waals surface area contributed by atoms with Gasteiger partial charge in [0.25, 0.3) is 0 Å². The molecule has 1 atom stereocenters. The lowest BCUT2D eigenvalue weighted by Gasteiger charge is -2.06. The molecule has 1 unspecified atom stereocenters. The molecule has 5 heteroatoms. The van der Waals surface area contributed by atoms with Gasteiger partial charge < -0.3 is 15.8 Å². The predicted octanol–water partition coefficient (Wildman–Crippen LogP) is 2.80. The van der Waals surface area contributed by atoms with E-state index in [1.807, 2.05) is 42.5 Å². The Morgan fingerprint density at radius 2 is 1.85 bits per heavy atom. The van der Waals surface area contributed by atoms with E-state index in [-0.39, 0.29) is 5.91 Å². The lowest BCUT2D eigenvalue weighted by Crippen LogP contribution is -2.19. The Bertz CT molecular complexity index is 655. The molecule has 0 saturated carbocycles. The smallest absolute Gasteiger partial charge is 0.245 e. The molecule has 1 heterocycles. The Balaban J connectivity index is 1.82. The predicted molar refractivity (Wildman–Crippen MR) is 79.1 cm³/mol. The van der Waals surface area contributed by atoms with Gasteiger partial charge in [-0.05, 0) is 36.4 Å². The van der Waals surface area contributed by atoms with Gasteiger partial charge in [0.2, 0.25) is 5.91 Å². The third kappa shape index (κ3) is 2.37. The molecule has 2 aromatic rings. The van der Waals surface area contributed by atoms with Crippen molar-refractivity contribution in [3.05, 3.63) is 48.0 Å². The van der Waals surface area contributed by atoms with E-state index in [1.54, 1.807) is 18.9 Å². The molecule has 102 valence electrons. The highest BCUT2D eigenvalue weighted by Crippen LogP contribution is 2.36. The quantitative estimate of drug-likeness (QED) is 0.910. The van der Waals surface area contributed by atoms with Crippen molar-refractivity contribution in [3.8, 4) is 5.75 Å². The molecule has 0 bridgehead atoms. The fourth-order valence-electron chi connectivity index (χ4n) is 2.11. The average molecular weight is 286 g/mol. The number of hydrogen-bond donors (Lipinski definition) is 2. The zero-order valence-corrected chi connectivity index (χ0v) is 11.7. The zero-order chi connectivity index (χ0) is 14.1. The van der Waals surface area contributed by atoms with Crippen molar-refractivity contribution in [2.45, 2.75) is 15.8 Å². The van der Waals surface area contributed by atoms with Crippen LogP contribution in [0.1, 0.15) is 11.6 Å². The van der Waals surface area contributed by atoms with Crippen LogP contribution in [0.15, 0.2) is 52.3 Å². The molecule has 3 rings (SSSR count). The largest absolute Gasteiger partial charge is 0.497 e. The number of anilines is 1. The number of hydrogen-bond acceptors (Lipinski definition) is 4. The molecule has 0 saturated heterocycles. The summed E-state index contributed by atoms with van der Waals surface area (Å²) >= 11 is 1.63. The maximum Gasteiger partial charge on any atom is 0.245 e. The molecule has 2 aromatic carbocycles. The first-order chi connectivity index (χ1) is 9.67. The lowest BCUT2D eigenvalue weighted by atomic mass is 10.1. The van der Waals surface area contributed by atoms with Crippen molar-refractivity contribution in [1.82, 2.24) is 0 Å². The normalized spacial score (nSPS) is 16.7. The molecule has 0 spiro atoms. The number of nitrogens with one attached hydrogen (secondary N) is 1. The highest BCUT2D eigenvalue weighted by atomic mass is 32.2. The van der Waals surface area contributed by atoms with E-state index in [9.17, 15) is 4.79 Å².